The Morgan fingerprint density at radius 3 is 2.90 bits per heavy atom. The minimum Gasteiger partial charge on any atom is -0.497 e. The highest BCUT2D eigenvalue weighted by Gasteiger charge is 2.31. The van der Waals surface area contributed by atoms with Gasteiger partial charge in [0, 0.05) is 25.7 Å². The first-order chi connectivity index (χ1) is 15.0. The summed E-state index contributed by atoms with van der Waals surface area (Å²) in [7, 11) is 1.68. The molecule has 0 bridgehead atoms. The summed E-state index contributed by atoms with van der Waals surface area (Å²) >= 11 is 0. The van der Waals surface area contributed by atoms with Crippen LogP contribution >= 0.6 is 0 Å². The quantitative estimate of drug-likeness (QED) is 0.789. The van der Waals surface area contributed by atoms with Crippen LogP contribution in [0.4, 0.5) is 5.82 Å². The van der Waals surface area contributed by atoms with Gasteiger partial charge in [-0.3, -0.25) is 9.59 Å². The fourth-order valence-corrected chi connectivity index (χ4v) is 4.82. The number of likely N-dealkylation sites (tertiary alicyclic amines) is 1. The van der Waals surface area contributed by atoms with Gasteiger partial charge in [0.1, 0.15) is 11.6 Å². The Labute approximate surface area is 184 Å². The summed E-state index contributed by atoms with van der Waals surface area (Å²) in [4.78, 5) is 32.1. The third kappa shape index (κ3) is 4.89. The second kappa shape index (κ2) is 9.50. The number of ether oxygens (including phenoxy) is 1. The maximum atomic E-state index is 13.1. The molecule has 1 aliphatic carbocycles. The van der Waals surface area contributed by atoms with Crippen LogP contribution in [0.2, 0.25) is 0 Å². The van der Waals surface area contributed by atoms with E-state index in [2.05, 4.69) is 22.4 Å². The molecule has 1 fully saturated rings. The van der Waals surface area contributed by atoms with Crippen molar-refractivity contribution in [3.05, 3.63) is 53.2 Å². The van der Waals surface area contributed by atoms with Crippen LogP contribution in [-0.2, 0) is 16.0 Å². The van der Waals surface area contributed by atoms with Gasteiger partial charge in [-0.05, 0) is 79.8 Å². The Morgan fingerprint density at radius 1 is 1.23 bits per heavy atom. The molecule has 1 saturated heterocycles. The number of amides is 2. The second-order valence-corrected chi connectivity index (χ2v) is 8.70. The van der Waals surface area contributed by atoms with Gasteiger partial charge < -0.3 is 15.0 Å². The molecule has 0 saturated carbocycles. The first kappa shape index (κ1) is 21.3. The van der Waals surface area contributed by atoms with E-state index >= 15 is 0 Å². The molecule has 1 N–H and O–H groups in total. The lowest BCUT2D eigenvalue weighted by Crippen LogP contribution is -2.44. The van der Waals surface area contributed by atoms with Crippen LogP contribution in [0.5, 0.6) is 5.75 Å². The van der Waals surface area contributed by atoms with E-state index in [-0.39, 0.29) is 23.7 Å². The molecular formula is C25H31N3O3. The lowest BCUT2D eigenvalue weighted by Gasteiger charge is -2.34. The van der Waals surface area contributed by atoms with Gasteiger partial charge in [-0.25, -0.2) is 4.98 Å². The number of aryl methyl sites for hydroxylation is 2. The highest BCUT2D eigenvalue weighted by molar-refractivity contribution is 5.93. The van der Waals surface area contributed by atoms with Crippen molar-refractivity contribution >= 4 is 17.6 Å². The van der Waals surface area contributed by atoms with Crippen molar-refractivity contribution < 1.29 is 14.3 Å². The van der Waals surface area contributed by atoms with Crippen molar-refractivity contribution in [1.29, 1.82) is 0 Å². The molecule has 31 heavy (non-hydrogen) atoms. The maximum absolute atomic E-state index is 13.1. The van der Waals surface area contributed by atoms with Gasteiger partial charge in [-0.2, -0.15) is 0 Å². The van der Waals surface area contributed by atoms with Gasteiger partial charge >= 0.3 is 0 Å². The zero-order chi connectivity index (χ0) is 21.8. The van der Waals surface area contributed by atoms with Gasteiger partial charge in [0.05, 0.1) is 13.0 Å². The average Bonchev–Trinajstić information content (AvgIpc) is 2.80. The molecule has 6 heteroatoms. The Bertz CT molecular complexity index is 959. The molecule has 2 amide bonds. The van der Waals surface area contributed by atoms with Crippen LogP contribution in [0.15, 0.2) is 36.5 Å². The van der Waals surface area contributed by atoms with Crippen molar-refractivity contribution in [2.45, 2.75) is 51.4 Å². The molecule has 0 spiro atoms. The van der Waals surface area contributed by atoms with Crippen molar-refractivity contribution in [2.24, 2.45) is 5.92 Å². The number of carbonyl (C=O) groups is 2. The summed E-state index contributed by atoms with van der Waals surface area (Å²) < 4.78 is 5.36. The second-order valence-electron chi connectivity index (χ2n) is 8.70. The van der Waals surface area contributed by atoms with Gasteiger partial charge in [0.2, 0.25) is 11.8 Å². The number of nitrogens with zero attached hydrogens (tertiary/aromatic N) is 2. The SMILES string of the molecule is COc1ccc2c(c1)CCCC2CC(=O)N1CCCC(C(=O)Nc2ncccc2C)C1. The van der Waals surface area contributed by atoms with Gasteiger partial charge in [0.25, 0.3) is 0 Å². The fraction of sp³-hybridized carbons (Fsp3) is 0.480. The zero-order valence-electron chi connectivity index (χ0n) is 18.4. The van der Waals surface area contributed by atoms with Crippen LogP contribution in [0.25, 0.3) is 0 Å². The number of aromatic nitrogens is 1. The van der Waals surface area contributed by atoms with Crippen molar-refractivity contribution in [3.63, 3.8) is 0 Å². The fourth-order valence-electron chi connectivity index (χ4n) is 4.82. The van der Waals surface area contributed by atoms with E-state index in [1.807, 2.05) is 30.0 Å². The van der Waals surface area contributed by atoms with E-state index in [0.29, 0.717) is 18.8 Å². The molecule has 2 aliphatic rings. The number of methoxy groups -OCH3 is 1. The molecule has 0 radical (unpaired) electrons. The number of hydrogen-bond acceptors (Lipinski definition) is 4. The monoisotopic (exact) mass is 421 g/mol. The van der Waals surface area contributed by atoms with Crippen molar-refractivity contribution in [2.75, 3.05) is 25.5 Å². The Hall–Kier alpha value is -2.89. The predicted octanol–water partition coefficient (Wildman–Crippen LogP) is 4.09. The van der Waals surface area contributed by atoms with E-state index in [4.69, 9.17) is 4.74 Å². The first-order valence-electron chi connectivity index (χ1n) is 11.2. The van der Waals surface area contributed by atoms with Crippen molar-refractivity contribution in [1.82, 2.24) is 9.88 Å². The Balaban J connectivity index is 1.38. The van der Waals surface area contributed by atoms with E-state index in [0.717, 1.165) is 50.0 Å². The molecule has 1 aromatic heterocycles. The van der Waals surface area contributed by atoms with E-state index in [9.17, 15) is 9.59 Å². The smallest absolute Gasteiger partial charge is 0.230 e. The summed E-state index contributed by atoms with van der Waals surface area (Å²) in [6, 6.07) is 9.99. The molecule has 2 aromatic rings. The highest BCUT2D eigenvalue weighted by Crippen LogP contribution is 2.36. The molecule has 2 atom stereocenters. The predicted molar refractivity (Wildman–Crippen MR) is 120 cm³/mol. The molecule has 6 nitrogen and oxygen atoms in total. The molecule has 2 unspecified atom stereocenters. The summed E-state index contributed by atoms with van der Waals surface area (Å²) in [6.45, 7) is 3.14. The number of rotatable bonds is 5. The first-order valence-corrected chi connectivity index (χ1v) is 11.2. The van der Waals surface area contributed by atoms with E-state index in [1.165, 1.54) is 11.1 Å². The topological polar surface area (TPSA) is 71.5 Å². The zero-order valence-corrected chi connectivity index (χ0v) is 18.4. The minimum atomic E-state index is -0.193. The van der Waals surface area contributed by atoms with Crippen LogP contribution in [0, 0.1) is 12.8 Å². The van der Waals surface area contributed by atoms with E-state index in [1.54, 1.807) is 13.3 Å². The third-order valence-corrected chi connectivity index (χ3v) is 6.61. The number of nitrogens with one attached hydrogen (secondary N) is 1. The number of anilines is 1. The number of pyridine rings is 1. The molecule has 2 heterocycles. The van der Waals surface area contributed by atoms with E-state index < -0.39 is 0 Å². The Morgan fingerprint density at radius 2 is 2.10 bits per heavy atom. The lowest BCUT2D eigenvalue weighted by atomic mass is 9.80. The normalized spacial score (nSPS) is 20.6. The molecule has 1 aromatic carbocycles. The summed E-state index contributed by atoms with van der Waals surface area (Å²) in [5.41, 5.74) is 3.51. The number of benzene rings is 1. The number of carbonyl (C=O) groups excluding carboxylic acids is 2. The molecule has 164 valence electrons. The molecule has 1 aliphatic heterocycles. The van der Waals surface area contributed by atoms with Gasteiger partial charge in [-0.1, -0.05) is 12.1 Å². The van der Waals surface area contributed by atoms with Crippen LogP contribution in [0.3, 0.4) is 0 Å². The highest BCUT2D eigenvalue weighted by atomic mass is 16.5. The maximum Gasteiger partial charge on any atom is 0.230 e. The number of fused-ring (bicyclic) bond motifs is 1. The minimum absolute atomic E-state index is 0.0468. The third-order valence-electron chi connectivity index (χ3n) is 6.61. The standard InChI is InChI=1S/C25H31N3O3/c1-17-6-4-12-26-24(17)27-25(30)20-9-5-13-28(16-20)23(29)15-19-8-3-7-18-14-21(31-2)10-11-22(18)19/h4,6,10-12,14,19-20H,3,5,7-9,13,15-16H2,1-2H3,(H,26,27,30). The Kier molecular flexibility index (Phi) is 6.54. The summed E-state index contributed by atoms with van der Waals surface area (Å²) in [6.07, 6.45) is 6.99. The van der Waals surface area contributed by atoms with Crippen molar-refractivity contribution in [3.8, 4) is 5.75 Å². The lowest BCUT2D eigenvalue weighted by molar-refractivity contribution is -0.135. The number of piperidine rings is 1. The van der Waals surface area contributed by atoms with Gasteiger partial charge in [0.15, 0.2) is 0 Å². The average molecular weight is 422 g/mol. The van der Waals surface area contributed by atoms with Crippen LogP contribution in [-0.4, -0.2) is 41.9 Å². The van der Waals surface area contributed by atoms with Crippen LogP contribution in [0.1, 0.15) is 54.7 Å². The van der Waals surface area contributed by atoms with Gasteiger partial charge in [-0.15, -0.1) is 0 Å². The number of hydrogen-bond donors (Lipinski definition) is 1. The largest absolute Gasteiger partial charge is 0.497 e. The molecule has 4 rings (SSSR count). The van der Waals surface area contributed by atoms with Crippen LogP contribution < -0.4 is 10.1 Å². The summed E-state index contributed by atoms with van der Waals surface area (Å²) in [5.74, 6) is 1.63. The summed E-state index contributed by atoms with van der Waals surface area (Å²) in [5, 5.41) is 2.94. The molecular weight excluding hydrogens is 390 g/mol.